The number of H-pyrrole nitrogens is 1. The number of anilines is 1. The lowest BCUT2D eigenvalue weighted by atomic mass is 10.2. The van der Waals surface area contributed by atoms with Gasteiger partial charge in [-0.1, -0.05) is 12.1 Å². The molecule has 2 aromatic carbocycles. The van der Waals surface area contributed by atoms with Gasteiger partial charge >= 0.3 is 0 Å². The van der Waals surface area contributed by atoms with Crippen LogP contribution in [0.15, 0.2) is 59.4 Å². The molecule has 0 saturated carbocycles. The highest BCUT2D eigenvalue weighted by molar-refractivity contribution is 7.07. The summed E-state index contributed by atoms with van der Waals surface area (Å²) >= 11 is 1.38. The molecule has 0 unspecified atom stereocenters. The van der Waals surface area contributed by atoms with E-state index in [4.69, 9.17) is 4.74 Å². The maximum Gasteiger partial charge on any atom is 0.275 e. The minimum atomic E-state index is -0.234. The molecular weight excluding hydrogens is 362 g/mol. The van der Waals surface area contributed by atoms with Crippen molar-refractivity contribution in [3.63, 3.8) is 0 Å². The first-order valence-corrected chi connectivity index (χ1v) is 9.05. The van der Waals surface area contributed by atoms with Crippen LogP contribution in [0.2, 0.25) is 0 Å². The molecule has 134 valence electrons. The molecule has 0 spiro atoms. The van der Waals surface area contributed by atoms with Gasteiger partial charge in [0.2, 0.25) is 0 Å². The molecule has 0 aliphatic rings. The molecular formula is C19H15N5O2S. The van der Waals surface area contributed by atoms with Crippen molar-refractivity contribution in [1.29, 1.82) is 0 Å². The second kappa shape index (κ2) is 7.38. The van der Waals surface area contributed by atoms with Crippen molar-refractivity contribution < 1.29 is 9.53 Å². The van der Waals surface area contributed by atoms with Gasteiger partial charge in [-0.2, -0.15) is 0 Å². The summed E-state index contributed by atoms with van der Waals surface area (Å²) in [5, 5.41) is 12.9. The topological polar surface area (TPSA) is 92.8 Å². The van der Waals surface area contributed by atoms with Crippen LogP contribution in [-0.4, -0.2) is 33.2 Å². The van der Waals surface area contributed by atoms with Gasteiger partial charge in [-0.15, -0.1) is 21.5 Å². The van der Waals surface area contributed by atoms with E-state index in [9.17, 15) is 4.79 Å². The normalized spacial score (nSPS) is 10.6. The van der Waals surface area contributed by atoms with E-state index in [1.54, 1.807) is 18.0 Å². The molecule has 0 bridgehead atoms. The molecule has 0 saturated heterocycles. The van der Waals surface area contributed by atoms with E-state index in [-0.39, 0.29) is 5.91 Å². The Morgan fingerprint density at radius 2 is 1.85 bits per heavy atom. The van der Waals surface area contributed by atoms with E-state index >= 15 is 0 Å². The van der Waals surface area contributed by atoms with Crippen LogP contribution in [0, 0.1) is 0 Å². The fourth-order valence-corrected chi connectivity index (χ4v) is 3.12. The van der Waals surface area contributed by atoms with Gasteiger partial charge in [0.25, 0.3) is 5.91 Å². The highest BCUT2D eigenvalue weighted by Gasteiger charge is 2.12. The van der Waals surface area contributed by atoms with E-state index < -0.39 is 0 Å². The SMILES string of the molecule is COc1ccccc1-c1nnc(-c2ccc(NC(=O)c3cscn3)cc2)[nH]1. The smallest absolute Gasteiger partial charge is 0.275 e. The van der Waals surface area contributed by atoms with Crippen molar-refractivity contribution in [3.05, 3.63) is 65.1 Å². The van der Waals surface area contributed by atoms with Gasteiger partial charge in [-0.05, 0) is 36.4 Å². The largest absolute Gasteiger partial charge is 0.496 e. The standard InChI is InChI=1S/C19H15N5O2S/c1-26-16-5-3-2-4-14(16)18-22-17(23-24-18)12-6-8-13(9-7-12)21-19(25)15-10-27-11-20-15/h2-11H,1H3,(H,21,25)(H,22,23,24). The van der Waals surface area contributed by atoms with E-state index in [1.165, 1.54) is 11.3 Å². The number of nitrogens with zero attached hydrogens (tertiary/aromatic N) is 3. The fraction of sp³-hybridized carbons (Fsp3) is 0.0526. The third kappa shape index (κ3) is 3.56. The zero-order valence-electron chi connectivity index (χ0n) is 14.3. The lowest BCUT2D eigenvalue weighted by Gasteiger charge is -2.05. The Kier molecular flexibility index (Phi) is 4.63. The molecule has 0 atom stereocenters. The number of carbonyl (C=O) groups excluding carboxylic acids is 1. The Balaban J connectivity index is 1.53. The number of methoxy groups -OCH3 is 1. The number of rotatable bonds is 5. The molecule has 7 nitrogen and oxygen atoms in total. The van der Waals surface area contributed by atoms with E-state index in [0.717, 1.165) is 16.9 Å². The van der Waals surface area contributed by atoms with Crippen LogP contribution in [0.1, 0.15) is 10.5 Å². The number of hydrogen-bond donors (Lipinski definition) is 2. The maximum atomic E-state index is 12.0. The predicted molar refractivity (Wildman–Crippen MR) is 104 cm³/mol. The number of carbonyl (C=O) groups is 1. The Morgan fingerprint density at radius 1 is 1.07 bits per heavy atom. The van der Waals surface area contributed by atoms with Crippen molar-refractivity contribution >= 4 is 22.9 Å². The van der Waals surface area contributed by atoms with Gasteiger partial charge in [-0.3, -0.25) is 4.79 Å². The highest BCUT2D eigenvalue weighted by Crippen LogP contribution is 2.28. The Morgan fingerprint density at radius 3 is 2.59 bits per heavy atom. The summed E-state index contributed by atoms with van der Waals surface area (Å²) in [6.07, 6.45) is 0. The minimum Gasteiger partial charge on any atom is -0.496 e. The number of thiazole rings is 1. The summed E-state index contributed by atoms with van der Waals surface area (Å²) < 4.78 is 5.37. The first-order chi connectivity index (χ1) is 13.2. The monoisotopic (exact) mass is 377 g/mol. The molecule has 0 aliphatic carbocycles. The number of ether oxygens (including phenoxy) is 1. The second-order valence-corrected chi connectivity index (χ2v) is 6.35. The predicted octanol–water partition coefficient (Wildman–Crippen LogP) is 3.86. The molecule has 4 rings (SSSR count). The number of benzene rings is 2. The number of aromatic amines is 1. The molecule has 0 aliphatic heterocycles. The molecule has 0 radical (unpaired) electrons. The molecule has 1 amide bonds. The molecule has 8 heteroatoms. The third-order valence-corrected chi connectivity index (χ3v) is 4.52. The molecule has 2 aromatic heterocycles. The Bertz CT molecular complexity index is 1060. The van der Waals surface area contributed by atoms with Gasteiger partial charge in [-0.25, -0.2) is 4.98 Å². The van der Waals surface area contributed by atoms with Gasteiger partial charge in [0.1, 0.15) is 11.4 Å². The summed E-state index contributed by atoms with van der Waals surface area (Å²) in [7, 11) is 1.62. The molecule has 2 heterocycles. The van der Waals surface area contributed by atoms with Crippen molar-refractivity contribution in [1.82, 2.24) is 20.2 Å². The first-order valence-electron chi connectivity index (χ1n) is 8.10. The average molecular weight is 377 g/mol. The van der Waals surface area contributed by atoms with Gasteiger partial charge in [0, 0.05) is 16.6 Å². The van der Waals surface area contributed by atoms with Gasteiger partial charge in [0.05, 0.1) is 18.2 Å². The van der Waals surface area contributed by atoms with E-state index in [2.05, 4.69) is 25.5 Å². The number of para-hydroxylation sites is 1. The third-order valence-electron chi connectivity index (χ3n) is 3.93. The number of aromatic nitrogens is 4. The lowest BCUT2D eigenvalue weighted by Crippen LogP contribution is -2.11. The van der Waals surface area contributed by atoms with E-state index in [1.807, 2.05) is 48.5 Å². The summed E-state index contributed by atoms with van der Waals surface area (Å²) in [5.74, 6) is 1.75. The lowest BCUT2D eigenvalue weighted by molar-refractivity contribution is 0.102. The molecule has 2 N–H and O–H groups in total. The fourth-order valence-electron chi connectivity index (χ4n) is 2.58. The van der Waals surface area contributed by atoms with Crippen LogP contribution >= 0.6 is 11.3 Å². The Labute approximate surface area is 159 Å². The Hall–Kier alpha value is -3.52. The number of hydrogen-bond acceptors (Lipinski definition) is 6. The first kappa shape index (κ1) is 16.9. The quantitative estimate of drug-likeness (QED) is 0.551. The second-order valence-electron chi connectivity index (χ2n) is 5.63. The van der Waals surface area contributed by atoms with Crippen molar-refractivity contribution in [2.75, 3.05) is 12.4 Å². The van der Waals surface area contributed by atoms with Crippen LogP contribution < -0.4 is 10.1 Å². The van der Waals surface area contributed by atoms with Crippen LogP contribution in [0.4, 0.5) is 5.69 Å². The van der Waals surface area contributed by atoms with Crippen molar-refractivity contribution in [2.24, 2.45) is 0 Å². The molecule has 27 heavy (non-hydrogen) atoms. The van der Waals surface area contributed by atoms with Crippen molar-refractivity contribution in [2.45, 2.75) is 0 Å². The summed E-state index contributed by atoms with van der Waals surface area (Å²) in [6.45, 7) is 0. The van der Waals surface area contributed by atoms with Crippen LogP contribution in [0.3, 0.4) is 0 Å². The summed E-state index contributed by atoms with van der Waals surface area (Å²) in [5.41, 5.74) is 4.41. The maximum absolute atomic E-state index is 12.0. The zero-order valence-corrected chi connectivity index (χ0v) is 15.2. The number of nitrogens with one attached hydrogen (secondary N) is 2. The van der Waals surface area contributed by atoms with Gasteiger partial charge < -0.3 is 15.0 Å². The van der Waals surface area contributed by atoms with Gasteiger partial charge in [0.15, 0.2) is 11.6 Å². The molecule has 0 fully saturated rings. The minimum absolute atomic E-state index is 0.234. The van der Waals surface area contributed by atoms with Crippen LogP contribution in [0.5, 0.6) is 5.75 Å². The highest BCUT2D eigenvalue weighted by atomic mass is 32.1. The van der Waals surface area contributed by atoms with Crippen molar-refractivity contribution in [3.8, 4) is 28.5 Å². The number of amides is 1. The average Bonchev–Trinajstić information content (AvgIpc) is 3.41. The zero-order chi connectivity index (χ0) is 18.6. The van der Waals surface area contributed by atoms with Crippen LogP contribution in [0.25, 0.3) is 22.8 Å². The van der Waals surface area contributed by atoms with Crippen LogP contribution in [-0.2, 0) is 0 Å². The molecule has 4 aromatic rings. The summed E-state index contributed by atoms with van der Waals surface area (Å²) in [4.78, 5) is 19.2. The van der Waals surface area contributed by atoms with E-state index in [0.29, 0.717) is 23.0 Å². The summed E-state index contributed by atoms with van der Waals surface area (Å²) in [6, 6.07) is 15.0.